The largest absolute Gasteiger partial charge is 0.256 e. The number of aromatic nitrogens is 1. The third-order valence-electron chi connectivity index (χ3n) is 4.01. The number of pyridine rings is 1. The van der Waals surface area contributed by atoms with E-state index >= 15 is 0 Å². The molecule has 1 heteroatoms. The van der Waals surface area contributed by atoms with Gasteiger partial charge in [0.05, 0.1) is 5.69 Å². The minimum absolute atomic E-state index is 1.05. The number of hydrogen-bond donors (Lipinski definition) is 0. The SMILES string of the molecule is Cc1cc(C)cc(-c2cc(C)c(-c3ccccn3)c(C)c2)c1. The van der Waals surface area contributed by atoms with Crippen LogP contribution in [0, 0.1) is 27.7 Å². The fraction of sp³-hybridized carbons (Fsp3) is 0.190. The molecule has 0 aliphatic rings. The van der Waals surface area contributed by atoms with Gasteiger partial charge >= 0.3 is 0 Å². The van der Waals surface area contributed by atoms with E-state index in [9.17, 15) is 0 Å². The molecule has 0 radical (unpaired) electrons. The van der Waals surface area contributed by atoms with Gasteiger partial charge in [-0.15, -0.1) is 0 Å². The highest BCUT2D eigenvalue weighted by molar-refractivity contribution is 5.75. The average molecular weight is 287 g/mol. The Bertz CT molecular complexity index is 773. The van der Waals surface area contributed by atoms with Gasteiger partial charge in [0.1, 0.15) is 0 Å². The van der Waals surface area contributed by atoms with E-state index in [0.717, 1.165) is 5.69 Å². The Labute approximate surface area is 132 Å². The summed E-state index contributed by atoms with van der Waals surface area (Å²) in [5.74, 6) is 0. The van der Waals surface area contributed by atoms with Crippen LogP contribution in [0.25, 0.3) is 22.4 Å². The first-order valence-electron chi connectivity index (χ1n) is 7.66. The molecule has 3 rings (SSSR count). The molecular weight excluding hydrogens is 266 g/mol. The molecule has 110 valence electrons. The molecule has 0 aliphatic carbocycles. The smallest absolute Gasteiger partial charge is 0.0707 e. The molecule has 0 saturated carbocycles. The van der Waals surface area contributed by atoms with Gasteiger partial charge in [0.2, 0.25) is 0 Å². The standard InChI is InChI=1S/C21H21N/c1-14-9-15(2)11-18(10-14)19-12-16(3)21(17(4)13-19)20-7-5-6-8-22-20/h5-13H,1-4H3. The highest BCUT2D eigenvalue weighted by atomic mass is 14.7. The second-order valence-electron chi connectivity index (χ2n) is 6.08. The lowest BCUT2D eigenvalue weighted by Crippen LogP contribution is -1.93. The van der Waals surface area contributed by atoms with Crippen molar-refractivity contribution in [2.24, 2.45) is 0 Å². The summed E-state index contributed by atoms with van der Waals surface area (Å²) >= 11 is 0. The summed E-state index contributed by atoms with van der Waals surface area (Å²) in [5.41, 5.74) is 10.0. The molecule has 0 bridgehead atoms. The van der Waals surface area contributed by atoms with Crippen LogP contribution in [-0.4, -0.2) is 4.98 Å². The monoisotopic (exact) mass is 287 g/mol. The Morgan fingerprint density at radius 1 is 0.682 bits per heavy atom. The molecule has 0 saturated heterocycles. The van der Waals surface area contributed by atoms with Crippen molar-refractivity contribution in [3.8, 4) is 22.4 Å². The van der Waals surface area contributed by atoms with E-state index in [1.807, 2.05) is 18.3 Å². The predicted octanol–water partition coefficient (Wildman–Crippen LogP) is 5.65. The Hall–Kier alpha value is -2.41. The van der Waals surface area contributed by atoms with Crippen LogP contribution in [0.1, 0.15) is 22.3 Å². The zero-order valence-corrected chi connectivity index (χ0v) is 13.6. The molecule has 0 aliphatic heterocycles. The summed E-state index contributed by atoms with van der Waals surface area (Å²) in [6, 6.07) is 17.3. The van der Waals surface area contributed by atoms with E-state index in [1.54, 1.807) is 0 Å². The minimum atomic E-state index is 1.05. The van der Waals surface area contributed by atoms with Gasteiger partial charge in [-0.2, -0.15) is 0 Å². The minimum Gasteiger partial charge on any atom is -0.256 e. The van der Waals surface area contributed by atoms with Crippen LogP contribution in [0.3, 0.4) is 0 Å². The zero-order valence-electron chi connectivity index (χ0n) is 13.6. The first-order chi connectivity index (χ1) is 10.5. The maximum Gasteiger partial charge on any atom is 0.0707 e. The van der Waals surface area contributed by atoms with Crippen LogP contribution in [-0.2, 0) is 0 Å². The summed E-state index contributed by atoms with van der Waals surface area (Å²) in [6.07, 6.45) is 1.85. The molecule has 0 spiro atoms. The summed E-state index contributed by atoms with van der Waals surface area (Å²) in [7, 11) is 0. The molecule has 2 aromatic carbocycles. The van der Waals surface area contributed by atoms with E-state index in [-0.39, 0.29) is 0 Å². The Kier molecular flexibility index (Phi) is 3.81. The molecule has 0 fully saturated rings. The Morgan fingerprint density at radius 3 is 1.82 bits per heavy atom. The molecular formula is C21H21N. The van der Waals surface area contributed by atoms with Gasteiger partial charge in [-0.1, -0.05) is 47.5 Å². The molecule has 0 atom stereocenters. The van der Waals surface area contributed by atoms with Gasteiger partial charge in [-0.05, 0) is 62.1 Å². The fourth-order valence-corrected chi connectivity index (χ4v) is 3.19. The van der Waals surface area contributed by atoms with Gasteiger partial charge in [0.15, 0.2) is 0 Å². The first-order valence-corrected chi connectivity index (χ1v) is 7.66. The topological polar surface area (TPSA) is 12.9 Å². The van der Waals surface area contributed by atoms with Crippen LogP contribution < -0.4 is 0 Å². The first kappa shape index (κ1) is 14.5. The zero-order chi connectivity index (χ0) is 15.7. The average Bonchev–Trinajstić information content (AvgIpc) is 2.46. The van der Waals surface area contributed by atoms with Gasteiger partial charge in [0, 0.05) is 11.8 Å². The molecule has 0 amide bonds. The summed E-state index contributed by atoms with van der Waals surface area (Å²) in [5, 5.41) is 0. The normalized spacial score (nSPS) is 10.7. The number of hydrogen-bond acceptors (Lipinski definition) is 1. The van der Waals surface area contributed by atoms with Crippen molar-refractivity contribution in [2.75, 3.05) is 0 Å². The summed E-state index contributed by atoms with van der Waals surface area (Å²) < 4.78 is 0. The van der Waals surface area contributed by atoms with Crippen molar-refractivity contribution in [2.45, 2.75) is 27.7 Å². The lowest BCUT2D eigenvalue weighted by Gasteiger charge is -2.13. The quantitative estimate of drug-likeness (QED) is 0.593. The number of aryl methyl sites for hydroxylation is 4. The van der Waals surface area contributed by atoms with Crippen molar-refractivity contribution in [1.82, 2.24) is 4.98 Å². The second kappa shape index (κ2) is 5.76. The fourth-order valence-electron chi connectivity index (χ4n) is 3.19. The molecule has 1 aromatic heterocycles. The van der Waals surface area contributed by atoms with Crippen molar-refractivity contribution in [1.29, 1.82) is 0 Å². The molecule has 1 nitrogen and oxygen atoms in total. The third kappa shape index (κ3) is 2.80. The number of rotatable bonds is 2. The van der Waals surface area contributed by atoms with Crippen LogP contribution in [0.2, 0.25) is 0 Å². The Morgan fingerprint density at radius 2 is 1.27 bits per heavy atom. The number of benzene rings is 2. The molecule has 3 aromatic rings. The van der Waals surface area contributed by atoms with E-state index in [1.165, 1.54) is 38.9 Å². The van der Waals surface area contributed by atoms with Crippen LogP contribution in [0.5, 0.6) is 0 Å². The lowest BCUT2D eigenvalue weighted by molar-refractivity contribution is 1.28. The number of nitrogens with zero attached hydrogens (tertiary/aromatic N) is 1. The highest BCUT2D eigenvalue weighted by Gasteiger charge is 2.10. The van der Waals surface area contributed by atoms with E-state index in [0.29, 0.717) is 0 Å². The lowest BCUT2D eigenvalue weighted by atomic mass is 9.92. The van der Waals surface area contributed by atoms with E-state index < -0.39 is 0 Å². The maximum absolute atomic E-state index is 4.50. The Balaban J connectivity index is 2.14. The van der Waals surface area contributed by atoms with Crippen LogP contribution in [0.4, 0.5) is 0 Å². The van der Waals surface area contributed by atoms with Gasteiger partial charge in [0.25, 0.3) is 0 Å². The molecule has 22 heavy (non-hydrogen) atoms. The highest BCUT2D eigenvalue weighted by Crippen LogP contribution is 2.31. The van der Waals surface area contributed by atoms with Crippen LogP contribution >= 0.6 is 0 Å². The van der Waals surface area contributed by atoms with E-state index in [2.05, 4.69) is 69.1 Å². The van der Waals surface area contributed by atoms with Crippen molar-refractivity contribution in [3.63, 3.8) is 0 Å². The maximum atomic E-state index is 4.50. The summed E-state index contributed by atoms with van der Waals surface area (Å²) in [6.45, 7) is 8.64. The molecule has 1 heterocycles. The van der Waals surface area contributed by atoms with Crippen LogP contribution in [0.15, 0.2) is 54.7 Å². The van der Waals surface area contributed by atoms with Crippen molar-refractivity contribution < 1.29 is 0 Å². The van der Waals surface area contributed by atoms with Crippen molar-refractivity contribution in [3.05, 3.63) is 77.0 Å². The third-order valence-corrected chi connectivity index (χ3v) is 4.01. The summed E-state index contributed by atoms with van der Waals surface area (Å²) in [4.78, 5) is 4.50. The second-order valence-corrected chi connectivity index (χ2v) is 6.08. The molecule has 0 unspecified atom stereocenters. The van der Waals surface area contributed by atoms with Gasteiger partial charge in [-0.3, -0.25) is 4.98 Å². The van der Waals surface area contributed by atoms with Gasteiger partial charge in [-0.25, -0.2) is 0 Å². The molecule has 0 N–H and O–H groups in total. The van der Waals surface area contributed by atoms with E-state index in [4.69, 9.17) is 0 Å². The predicted molar refractivity (Wildman–Crippen MR) is 94.1 cm³/mol. The van der Waals surface area contributed by atoms with Gasteiger partial charge < -0.3 is 0 Å². The van der Waals surface area contributed by atoms with Crippen molar-refractivity contribution >= 4 is 0 Å².